The molecule has 19 heavy (non-hydrogen) atoms. The van der Waals surface area contributed by atoms with Gasteiger partial charge in [-0.25, -0.2) is 0 Å². The van der Waals surface area contributed by atoms with Crippen molar-refractivity contribution in [3.8, 4) is 5.75 Å². The van der Waals surface area contributed by atoms with Gasteiger partial charge in [0.05, 0.1) is 0 Å². The minimum absolute atomic E-state index is 0.380. The molecule has 1 aliphatic heterocycles. The highest BCUT2D eigenvalue weighted by molar-refractivity contribution is 5.27. The number of ether oxygens (including phenoxy) is 1. The smallest absolute Gasteiger partial charge is 0.119 e. The Morgan fingerprint density at radius 1 is 1.21 bits per heavy atom. The fourth-order valence-electron chi connectivity index (χ4n) is 2.59. The summed E-state index contributed by atoms with van der Waals surface area (Å²) in [6.07, 6.45) is 2.65. The van der Waals surface area contributed by atoms with E-state index in [4.69, 9.17) is 4.74 Å². The van der Waals surface area contributed by atoms with Gasteiger partial charge in [0, 0.05) is 25.7 Å². The molecule has 1 fully saturated rings. The van der Waals surface area contributed by atoms with Gasteiger partial charge in [-0.1, -0.05) is 12.1 Å². The van der Waals surface area contributed by atoms with Crippen molar-refractivity contribution in [1.82, 2.24) is 10.2 Å². The van der Waals surface area contributed by atoms with Crippen LogP contribution in [0.1, 0.15) is 32.3 Å². The van der Waals surface area contributed by atoms with Crippen LogP contribution in [0.4, 0.5) is 0 Å². The zero-order valence-electron chi connectivity index (χ0n) is 12.4. The van der Waals surface area contributed by atoms with Crippen molar-refractivity contribution in [2.75, 3.05) is 20.1 Å². The summed E-state index contributed by atoms with van der Waals surface area (Å²) in [5, 5.41) is 3.15. The first kappa shape index (κ1) is 14.4. The van der Waals surface area contributed by atoms with Gasteiger partial charge in [0.15, 0.2) is 0 Å². The van der Waals surface area contributed by atoms with E-state index in [1.165, 1.54) is 5.56 Å². The molecule has 0 atom stereocenters. The molecule has 3 heteroatoms. The van der Waals surface area contributed by atoms with Gasteiger partial charge in [-0.2, -0.15) is 0 Å². The van der Waals surface area contributed by atoms with Crippen molar-refractivity contribution in [3.05, 3.63) is 29.8 Å². The quantitative estimate of drug-likeness (QED) is 0.883. The SMILES string of the molecule is CNCc1ccc(OC2CCN(C(C)C)CC2)cc1. The summed E-state index contributed by atoms with van der Waals surface area (Å²) in [7, 11) is 1.97. The van der Waals surface area contributed by atoms with Gasteiger partial charge in [-0.3, -0.25) is 0 Å². The van der Waals surface area contributed by atoms with E-state index in [0.717, 1.165) is 38.2 Å². The van der Waals surface area contributed by atoms with Crippen LogP contribution in [0.2, 0.25) is 0 Å². The average Bonchev–Trinajstić information content (AvgIpc) is 2.42. The van der Waals surface area contributed by atoms with Crippen molar-refractivity contribution >= 4 is 0 Å². The highest BCUT2D eigenvalue weighted by Gasteiger charge is 2.21. The zero-order chi connectivity index (χ0) is 13.7. The Labute approximate surface area is 116 Å². The van der Waals surface area contributed by atoms with Crippen LogP contribution in [0, 0.1) is 0 Å². The Kier molecular flexibility index (Phi) is 5.23. The Balaban J connectivity index is 1.82. The van der Waals surface area contributed by atoms with E-state index >= 15 is 0 Å². The van der Waals surface area contributed by atoms with Gasteiger partial charge in [-0.05, 0) is 51.4 Å². The fraction of sp³-hybridized carbons (Fsp3) is 0.625. The molecule has 3 nitrogen and oxygen atoms in total. The van der Waals surface area contributed by atoms with Crippen LogP contribution >= 0.6 is 0 Å². The Morgan fingerprint density at radius 2 is 1.84 bits per heavy atom. The van der Waals surface area contributed by atoms with E-state index < -0.39 is 0 Å². The van der Waals surface area contributed by atoms with Crippen LogP contribution in [-0.2, 0) is 6.54 Å². The third kappa shape index (κ3) is 4.22. The first-order valence-corrected chi connectivity index (χ1v) is 7.33. The number of hydrogen-bond donors (Lipinski definition) is 1. The van der Waals surface area contributed by atoms with Gasteiger partial charge in [0.25, 0.3) is 0 Å². The molecular formula is C16H26N2O. The third-order valence-corrected chi connectivity index (χ3v) is 3.81. The molecule has 0 aliphatic carbocycles. The lowest BCUT2D eigenvalue weighted by Gasteiger charge is -2.34. The molecule has 1 heterocycles. The number of piperidine rings is 1. The van der Waals surface area contributed by atoms with Crippen LogP contribution in [0.25, 0.3) is 0 Å². The second-order valence-electron chi connectivity index (χ2n) is 5.62. The number of benzene rings is 1. The van der Waals surface area contributed by atoms with Crippen molar-refractivity contribution in [3.63, 3.8) is 0 Å². The number of likely N-dealkylation sites (tertiary alicyclic amines) is 1. The molecule has 1 saturated heterocycles. The molecule has 1 aromatic rings. The molecule has 1 N–H and O–H groups in total. The number of nitrogens with one attached hydrogen (secondary N) is 1. The summed E-state index contributed by atoms with van der Waals surface area (Å²) in [6.45, 7) is 7.75. The third-order valence-electron chi connectivity index (χ3n) is 3.81. The average molecular weight is 262 g/mol. The van der Waals surface area contributed by atoms with Crippen molar-refractivity contribution in [1.29, 1.82) is 0 Å². The molecule has 106 valence electrons. The summed E-state index contributed by atoms with van der Waals surface area (Å²) < 4.78 is 6.07. The normalized spacial score (nSPS) is 17.9. The van der Waals surface area contributed by atoms with E-state index in [1.807, 2.05) is 7.05 Å². The minimum atomic E-state index is 0.380. The van der Waals surface area contributed by atoms with Gasteiger partial charge < -0.3 is 15.0 Å². The molecule has 0 aromatic heterocycles. The van der Waals surface area contributed by atoms with E-state index in [-0.39, 0.29) is 0 Å². The van der Waals surface area contributed by atoms with Crippen molar-refractivity contribution in [2.24, 2.45) is 0 Å². The monoisotopic (exact) mass is 262 g/mol. The molecule has 0 radical (unpaired) electrons. The summed E-state index contributed by atoms with van der Waals surface area (Å²) in [6, 6.07) is 9.09. The second kappa shape index (κ2) is 6.92. The lowest BCUT2D eigenvalue weighted by Crippen LogP contribution is -2.41. The fourth-order valence-corrected chi connectivity index (χ4v) is 2.59. The van der Waals surface area contributed by atoms with Crippen molar-refractivity contribution < 1.29 is 4.74 Å². The van der Waals surface area contributed by atoms with E-state index in [2.05, 4.69) is 48.3 Å². The van der Waals surface area contributed by atoms with E-state index in [0.29, 0.717) is 12.1 Å². The predicted molar refractivity (Wildman–Crippen MR) is 79.6 cm³/mol. The van der Waals surface area contributed by atoms with Gasteiger partial charge >= 0.3 is 0 Å². The van der Waals surface area contributed by atoms with Crippen LogP contribution < -0.4 is 10.1 Å². The topological polar surface area (TPSA) is 24.5 Å². The molecule has 0 saturated carbocycles. The number of nitrogens with zero attached hydrogens (tertiary/aromatic N) is 1. The van der Waals surface area contributed by atoms with Crippen molar-refractivity contribution in [2.45, 2.75) is 45.4 Å². The summed E-state index contributed by atoms with van der Waals surface area (Å²) in [5.74, 6) is 1.00. The minimum Gasteiger partial charge on any atom is -0.490 e. The Hall–Kier alpha value is -1.06. The lowest BCUT2D eigenvalue weighted by atomic mass is 10.1. The van der Waals surface area contributed by atoms with Gasteiger partial charge in [0.2, 0.25) is 0 Å². The maximum atomic E-state index is 6.07. The predicted octanol–water partition coefficient (Wildman–Crippen LogP) is 2.66. The maximum absolute atomic E-state index is 6.07. The van der Waals surface area contributed by atoms with Crippen LogP contribution in [0.3, 0.4) is 0 Å². The van der Waals surface area contributed by atoms with Gasteiger partial charge in [-0.15, -0.1) is 0 Å². The van der Waals surface area contributed by atoms with Crippen LogP contribution in [0.15, 0.2) is 24.3 Å². The standard InChI is InChI=1S/C16H26N2O/c1-13(2)18-10-8-16(9-11-18)19-15-6-4-14(5-7-15)12-17-3/h4-7,13,16-17H,8-12H2,1-3H3. The Morgan fingerprint density at radius 3 is 2.37 bits per heavy atom. The van der Waals surface area contributed by atoms with Crippen LogP contribution in [0.5, 0.6) is 5.75 Å². The Bertz CT molecular complexity index is 367. The molecule has 2 rings (SSSR count). The molecule has 1 aliphatic rings. The molecule has 0 spiro atoms. The second-order valence-corrected chi connectivity index (χ2v) is 5.62. The summed E-state index contributed by atoms with van der Waals surface area (Å²) >= 11 is 0. The van der Waals surface area contributed by atoms with Crippen LogP contribution in [-0.4, -0.2) is 37.2 Å². The first-order chi connectivity index (χ1) is 9.19. The first-order valence-electron chi connectivity index (χ1n) is 7.33. The summed E-state index contributed by atoms with van der Waals surface area (Å²) in [5.41, 5.74) is 1.30. The molecule has 0 amide bonds. The number of rotatable bonds is 5. The largest absolute Gasteiger partial charge is 0.490 e. The zero-order valence-corrected chi connectivity index (χ0v) is 12.4. The summed E-state index contributed by atoms with van der Waals surface area (Å²) in [4.78, 5) is 2.52. The number of hydrogen-bond acceptors (Lipinski definition) is 3. The molecule has 0 bridgehead atoms. The highest BCUT2D eigenvalue weighted by atomic mass is 16.5. The molecule has 0 unspecified atom stereocenters. The molecular weight excluding hydrogens is 236 g/mol. The van der Waals surface area contributed by atoms with Gasteiger partial charge in [0.1, 0.15) is 11.9 Å². The van der Waals surface area contributed by atoms with E-state index in [9.17, 15) is 0 Å². The highest BCUT2D eigenvalue weighted by Crippen LogP contribution is 2.20. The molecule has 1 aromatic carbocycles. The van der Waals surface area contributed by atoms with E-state index in [1.54, 1.807) is 0 Å². The lowest BCUT2D eigenvalue weighted by molar-refractivity contribution is 0.0843. The maximum Gasteiger partial charge on any atom is 0.119 e.